The topological polar surface area (TPSA) is 63.3 Å². The number of aliphatic carboxylic acids is 1. The van der Waals surface area contributed by atoms with Crippen molar-refractivity contribution in [3.63, 3.8) is 0 Å². The van der Waals surface area contributed by atoms with Crippen molar-refractivity contribution in [3.8, 4) is 0 Å². The number of rotatable bonds is 12. The minimum Gasteiger partial charge on any atom is -0.481 e. The molecule has 0 aromatic carbocycles. The van der Waals surface area contributed by atoms with E-state index in [-0.39, 0.29) is 6.42 Å². The van der Waals surface area contributed by atoms with Crippen LogP contribution >= 0.6 is 0 Å². The highest BCUT2D eigenvalue weighted by Crippen LogP contribution is 1.97. The van der Waals surface area contributed by atoms with E-state index in [0.29, 0.717) is 6.42 Å². The van der Waals surface area contributed by atoms with Gasteiger partial charge in [0.15, 0.2) is 0 Å². The molecule has 0 spiro atoms. The normalized spacial score (nSPS) is 12.4. The maximum Gasteiger partial charge on any atom is 0.303 e. The second-order valence-electron chi connectivity index (χ2n) is 4.46. The minimum absolute atomic E-state index is 0.210. The molecule has 112 valence electrons. The number of carboxylic acid groups (broad SMARTS) is 1. The molecule has 0 radical (unpaired) electrons. The summed E-state index contributed by atoms with van der Waals surface area (Å²) in [5, 5.41) is 8.45. The van der Waals surface area contributed by atoms with Crippen molar-refractivity contribution >= 4 is 5.97 Å². The van der Waals surface area contributed by atoms with Crippen LogP contribution in [0.1, 0.15) is 44.9 Å². The Morgan fingerprint density at radius 3 is 1.70 bits per heavy atom. The van der Waals surface area contributed by atoms with Crippen LogP contribution < -0.4 is 5.73 Å². The number of unbranched alkanes of at least 4 members (excludes halogenated alkanes) is 1. The second kappa shape index (κ2) is 15.4. The van der Waals surface area contributed by atoms with Crippen molar-refractivity contribution < 1.29 is 9.90 Å². The quantitative estimate of drug-likeness (QED) is 0.419. The summed E-state index contributed by atoms with van der Waals surface area (Å²) < 4.78 is 0. The lowest BCUT2D eigenvalue weighted by Gasteiger charge is -1.88. The van der Waals surface area contributed by atoms with Gasteiger partial charge in [-0.1, -0.05) is 48.6 Å². The number of allylic oxidation sites excluding steroid dienone is 8. The number of carboxylic acids is 1. The molecule has 20 heavy (non-hydrogen) atoms. The first-order valence-electron chi connectivity index (χ1n) is 7.29. The molecule has 0 aliphatic carbocycles. The Bertz CT molecular complexity index is 341. The molecule has 0 unspecified atom stereocenters. The maximum absolute atomic E-state index is 10.3. The molecule has 0 atom stereocenters. The van der Waals surface area contributed by atoms with Gasteiger partial charge in [-0.25, -0.2) is 0 Å². The number of hydrogen-bond acceptors (Lipinski definition) is 2. The van der Waals surface area contributed by atoms with Gasteiger partial charge in [0.1, 0.15) is 0 Å². The van der Waals surface area contributed by atoms with Gasteiger partial charge in [-0.15, -0.1) is 0 Å². The molecule has 0 saturated carbocycles. The van der Waals surface area contributed by atoms with Crippen LogP contribution in [0.3, 0.4) is 0 Å². The average molecular weight is 277 g/mol. The van der Waals surface area contributed by atoms with E-state index in [1.165, 1.54) is 0 Å². The summed E-state index contributed by atoms with van der Waals surface area (Å²) >= 11 is 0. The Morgan fingerprint density at radius 1 is 0.800 bits per heavy atom. The molecule has 3 nitrogen and oxygen atoms in total. The Morgan fingerprint density at radius 2 is 1.25 bits per heavy atom. The Balaban J connectivity index is 3.42. The summed E-state index contributed by atoms with van der Waals surface area (Å²) in [5.41, 5.74) is 5.40. The van der Waals surface area contributed by atoms with E-state index in [1.807, 2.05) is 12.2 Å². The first kappa shape index (κ1) is 18.4. The van der Waals surface area contributed by atoms with Gasteiger partial charge in [0.25, 0.3) is 0 Å². The first-order valence-corrected chi connectivity index (χ1v) is 7.29. The minimum atomic E-state index is -0.743. The Kier molecular flexibility index (Phi) is 14.2. The first-order chi connectivity index (χ1) is 9.77. The van der Waals surface area contributed by atoms with E-state index >= 15 is 0 Å². The van der Waals surface area contributed by atoms with E-state index in [9.17, 15) is 4.79 Å². The standard InChI is InChI=1S/C17H27NO2/c18-16-14-12-10-8-6-4-2-1-3-5-7-9-11-13-15-17(19)20/h2-5,8-11H,1,6-7,12-16,18H2,(H,19,20). The lowest BCUT2D eigenvalue weighted by atomic mass is 10.2. The van der Waals surface area contributed by atoms with Crippen LogP contribution in [0.25, 0.3) is 0 Å². The molecule has 0 amide bonds. The summed E-state index contributed by atoms with van der Waals surface area (Å²) in [4.78, 5) is 10.3. The molecule has 0 aliphatic heterocycles. The molecule has 0 bridgehead atoms. The zero-order valence-corrected chi connectivity index (χ0v) is 12.2. The number of carbonyl (C=O) groups is 1. The van der Waals surface area contributed by atoms with Crippen LogP contribution in [0.15, 0.2) is 48.6 Å². The van der Waals surface area contributed by atoms with Crippen molar-refractivity contribution in [1.29, 1.82) is 0 Å². The summed E-state index contributed by atoms with van der Waals surface area (Å²) in [6, 6.07) is 0. The molecule has 0 aromatic rings. The summed E-state index contributed by atoms with van der Waals surface area (Å²) in [7, 11) is 0. The third kappa shape index (κ3) is 16.4. The average Bonchev–Trinajstić information content (AvgIpc) is 2.43. The van der Waals surface area contributed by atoms with Gasteiger partial charge in [0.2, 0.25) is 0 Å². The number of hydrogen-bond donors (Lipinski definition) is 2. The molecule has 0 rings (SSSR count). The van der Waals surface area contributed by atoms with Crippen LogP contribution in [-0.2, 0) is 4.79 Å². The van der Waals surface area contributed by atoms with Gasteiger partial charge >= 0.3 is 5.97 Å². The van der Waals surface area contributed by atoms with E-state index in [4.69, 9.17) is 10.8 Å². The summed E-state index contributed by atoms with van der Waals surface area (Å²) in [6.45, 7) is 0.760. The molecule has 0 heterocycles. The van der Waals surface area contributed by atoms with Crippen LogP contribution in [0, 0.1) is 0 Å². The van der Waals surface area contributed by atoms with Gasteiger partial charge in [-0.3, -0.25) is 4.79 Å². The fraction of sp³-hybridized carbons (Fsp3) is 0.471. The highest BCUT2D eigenvalue weighted by Gasteiger charge is 1.90. The molecule has 3 heteroatoms. The molecular formula is C17H27NO2. The van der Waals surface area contributed by atoms with Crippen LogP contribution in [0.4, 0.5) is 0 Å². The molecule has 0 fully saturated rings. The fourth-order valence-corrected chi connectivity index (χ4v) is 1.49. The lowest BCUT2D eigenvalue weighted by Crippen LogP contribution is -1.96. The van der Waals surface area contributed by atoms with Gasteiger partial charge in [0.05, 0.1) is 0 Å². The van der Waals surface area contributed by atoms with Gasteiger partial charge in [0, 0.05) is 6.42 Å². The molecule has 0 aliphatic rings. The smallest absolute Gasteiger partial charge is 0.303 e. The van der Waals surface area contributed by atoms with Gasteiger partial charge < -0.3 is 10.8 Å². The maximum atomic E-state index is 10.3. The number of nitrogens with two attached hydrogens (primary N) is 1. The Hall–Kier alpha value is -1.61. The highest BCUT2D eigenvalue weighted by atomic mass is 16.4. The fourth-order valence-electron chi connectivity index (χ4n) is 1.49. The van der Waals surface area contributed by atoms with E-state index < -0.39 is 5.97 Å². The van der Waals surface area contributed by atoms with Crippen molar-refractivity contribution in [1.82, 2.24) is 0 Å². The van der Waals surface area contributed by atoms with Crippen molar-refractivity contribution in [2.24, 2.45) is 5.73 Å². The van der Waals surface area contributed by atoms with Gasteiger partial charge in [-0.2, -0.15) is 0 Å². The van der Waals surface area contributed by atoms with Crippen LogP contribution in [-0.4, -0.2) is 17.6 Å². The van der Waals surface area contributed by atoms with Crippen molar-refractivity contribution in [2.45, 2.75) is 44.9 Å². The van der Waals surface area contributed by atoms with Crippen LogP contribution in [0.2, 0.25) is 0 Å². The summed E-state index contributed by atoms with van der Waals surface area (Å²) in [6.07, 6.45) is 22.5. The van der Waals surface area contributed by atoms with Crippen LogP contribution in [0.5, 0.6) is 0 Å². The van der Waals surface area contributed by atoms with E-state index in [0.717, 1.165) is 38.6 Å². The van der Waals surface area contributed by atoms with Gasteiger partial charge in [-0.05, 0) is 45.1 Å². The highest BCUT2D eigenvalue weighted by molar-refractivity contribution is 5.66. The molecule has 0 aromatic heterocycles. The zero-order valence-electron chi connectivity index (χ0n) is 12.2. The Labute approximate surface area is 122 Å². The third-order valence-corrected chi connectivity index (χ3v) is 2.58. The van der Waals surface area contributed by atoms with Crippen molar-refractivity contribution in [3.05, 3.63) is 48.6 Å². The predicted octanol–water partition coefficient (Wildman–Crippen LogP) is 3.99. The second-order valence-corrected chi connectivity index (χ2v) is 4.46. The molecule has 3 N–H and O–H groups in total. The summed E-state index contributed by atoms with van der Waals surface area (Å²) in [5.74, 6) is -0.743. The largest absolute Gasteiger partial charge is 0.481 e. The molecular weight excluding hydrogens is 250 g/mol. The predicted molar refractivity (Wildman–Crippen MR) is 85.6 cm³/mol. The van der Waals surface area contributed by atoms with E-state index in [2.05, 4.69) is 36.5 Å². The zero-order chi connectivity index (χ0) is 14.9. The monoisotopic (exact) mass is 277 g/mol. The lowest BCUT2D eigenvalue weighted by molar-refractivity contribution is -0.136. The van der Waals surface area contributed by atoms with E-state index in [1.54, 1.807) is 0 Å². The molecule has 0 saturated heterocycles. The third-order valence-electron chi connectivity index (χ3n) is 2.58. The SMILES string of the molecule is NCCCC=CCC=CCC=CCC=CCCC(=O)O. The van der Waals surface area contributed by atoms with Crippen molar-refractivity contribution in [2.75, 3.05) is 6.54 Å².